The molecule has 122 valence electrons. The molecule has 0 spiro atoms. The number of benzene rings is 3. The van der Waals surface area contributed by atoms with Crippen LogP contribution in [0.5, 0.6) is 5.75 Å². The number of fused-ring (bicyclic) bond motifs is 1. The Morgan fingerprint density at radius 3 is 2.44 bits per heavy atom. The summed E-state index contributed by atoms with van der Waals surface area (Å²) < 4.78 is 13.5. The van der Waals surface area contributed by atoms with Gasteiger partial charge in [-0.05, 0) is 54.6 Å². The predicted molar refractivity (Wildman–Crippen MR) is 96.3 cm³/mol. The van der Waals surface area contributed by atoms with Gasteiger partial charge in [-0.2, -0.15) is 0 Å². The number of anilines is 2. The van der Waals surface area contributed by atoms with Crippen LogP contribution >= 0.6 is 0 Å². The van der Waals surface area contributed by atoms with E-state index in [1.807, 2.05) is 24.3 Å². The van der Waals surface area contributed by atoms with Crippen LogP contribution in [0.25, 0.3) is 22.3 Å². The number of phenols is 1. The van der Waals surface area contributed by atoms with Crippen LogP contribution in [0.1, 0.15) is 0 Å². The largest absolute Gasteiger partial charge is 0.508 e. The lowest BCUT2D eigenvalue weighted by Crippen LogP contribution is -1.99. The second-order valence-corrected chi connectivity index (χ2v) is 5.60. The highest BCUT2D eigenvalue weighted by atomic mass is 19.1. The van der Waals surface area contributed by atoms with Gasteiger partial charge in [0, 0.05) is 16.6 Å². The fraction of sp³-hybridized carbons (Fsp3) is 0. The first-order valence-corrected chi connectivity index (χ1v) is 7.78. The minimum atomic E-state index is -0.317. The highest BCUT2D eigenvalue weighted by Crippen LogP contribution is 2.28. The Morgan fingerprint density at radius 1 is 0.840 bits per heavy atom. The average molecular weight is 331 g/mol. The van der Waals surface area contributed by atoms with E-state index in [9.17, 15) is 9.50 Å². The monoisotopic (exact) mass is 331 g/mol. The van der Waals surface area contributed by atoms with Crippen molar-refractivity contribution < 1.29 is 9.50 Å². The number of halogens is 1. The molecule has 2 N–H and O–H groups in total. The molecule has 25 heavy (non-hydrogen) atoms. The molecular weight excluding hydrogens is 317 g/mol. The maximum Gasteiger partial charge on any atom is 0.162 e. The molecule has 0 atom stereocenters. The second-order valence-electron chi connectivity index (χ2n) is 5.60. The van der Waals surface area contributed by atoms with E-state index in [2.05, 4.69) is 15.3 Å². The van der Waals surface area contributed by atoms with Gasteiger partial charge in [0.2, 0.25) is 0 Å². The Hall–Kier alpha value is -3.47. The van der Waals surface area contributed by atoms with Crippen LogP contribution in [-0.2, 0) is 0 Å². The summed E-state index contributed by atoms with van der Waals surface area (Å²) in [4.78, 5) is 9.19. The summed E-state index contributed by atoms with van der Waals surface area (Å²) in [5.41, 5.74) is 2.17. The molecule has 0 fully saturated rings. The van der Waals surface area contributed by atoms with E-state index in [1.165, 1.54) is 12.1 Å². The number of aromatic nitrogens is 2. The molecule has 4 aromatic rings. The Labute approximate surface area is 143 Å². The lowest BCUT2D eigenvalue weighted by molar-refractivity contribution is 0.475. The van der Waals surface area contributed by atoms with Crippen LogP contribution < -0.4 is 5.32 Å². The van der Waals surface area contributed by atoms with E-state index >= 15 is 0 Å². The van der Waals surface area contributed by atoms with E-state index in [-0.39, 0.29) is 11.6 Å². The highest BCUT2D eigenvalue weighted by molar-refractivity contribution is 5.92. The van der Waals surface area contributed by atoms with Crippen LogP contribution in [0.15, 0.2) is 72.8 Å². The van der Waals surface area contributed by atoms with Crippen molar-refractivity contribution in [3.63, 3.8) is 0 Å². The fourth-order valence-corrected chi connectivity index (χ4v) is 2.61. The molecule has 0 radical (unpaired) electrons. The van der Waals surface area contributed by atoms with E-state index in [0.717, 1.165) is 16.5 Å². The lowest BCUT2D eigenvalue weighted by atomic mass is 10.1. The maximum atomic E-state index is 13.5. The summed E-state index contributed by atoms with van der Waals surface area (Å²) in [6, 6.07) is 20.5. The van der Waals surface area contributed by atoms with Gasteiger partial charge < -0.3 is 10.4 Å². The minimum absolute atomic E-state index is 0.183. The molecular formula is C20H14FN3O. The molecule has 0 unspecified atom stereocenters. The molecule has 0 aliphatic rings. The first kappa shape index (κ1) is 15.1. The number of nitrogens with one attached hydrogen (secondary N) is 1. The topological polar surface area (TPSA) is 58.0 Å². The third-order valence-electron chi connectivity index (χ3n) is 3.82. The van der Waals surface area contributed by atoms with Crippen LogP contribution in [0.2, 0.25) is 0 Å². The van der Waals surface area contributed by atoms with Gasteiger partial charge >= 0.3 is 0 Å². The minimum Gasteiger partial charge on any atom is -0.508 e. The zero-order valence-electron chi connectivity index (χ0n) is 13.1. The van der Waals surface area contributed by atoms with E-state index in [0.29, 0.717) is 17.3 Å². The van der Waals surface area contributed by atoms with E-state index < -0.39 is 0 Å². The van der Waals surface area contributed by atoms with Gasteiger partial charge in [0.05, 0.1) is 5.52 Å². The van der Waals surface area contributed by atoms with Crippen LogP contribution in [0.4, 0.5) is 15.9 Å². The number of rotatable bonds is 3. The zero-order valence-corrected chi connectivity index (χ0v) is 13.1. The summed E-state index contributed by atoms with van der Waals surface area (Å²) in [7, 11) is 0. The van der Waals surface area contributed by atoms with Crippen molar-refractivity contribution in [3.05, 3.63) is 78.6 Å². The van der Waals surface area contributed by atoms with Gasteiger partial charge in [-0.25, -0.2) is 14.4 Å². The van der Waals surface area contributed by atoms with Crippen molar-refractivity contribution in [2.24, 2.45) is 0 Å². The molecule has 0 bridgehead atoms. The molecule has 1 heterocycles. The summed E-state index contributed by atoms with van der Waals surface area (Å²) in [6.07, 6.45) is 0. The predicted octanol–water partition coefficient (Wildman–Crippen LogP) is 4.89. The highest BCUT2D eigenvalue weighted by Gasteiger charge is 2.10. The fourth-order valence-electron chi connectivity index (χ4n) is 2.61. The number of hydrogen-bond donors (Lipinski definition) is 2. The third-order valence-corrected chi connectivity index (χ3v) is 3.82. The van der Waals surface area contributed by atoms with E-state index in [1.54, 1.807) is 36.4 Å². The molecule has 0 amide bonds. The maximum absolute atomic E-state index is 13.5. The quantitative estimate of drug-likeness (QED) is 0.561. The third kappa shape index (κ3) is 3.12. The van der Waals surface area contributed by atoms with Crippen LogP contribution in [0, 0.1) is 5.82 Å². The first-order chi connectivity index (χ1) is 12.2. The summed E-state index contributed by atoms with van der Waals surface area (Å²) >= 11 is 0. The van der Waals surface area contributed by atoms with Gasteiger partial charge in [-0.3, -0.25) is 0 Å². The van der Waals surface area contributed by atoms with E-state index in [4.69, 9.17) is 0 Å². The SMILES string of the molecule is Oc1ccc(-c2nc(Nc3cccc(F)c3)c3ccccc3n2)cc1. The molecule has 0 aliphatic heterocycles. The number of aromatic hydroxyl groups is 1. The average Bonchev–Trinajstić information content (AvgIpc) is 2.62. The number of nitrogens with zero attached hydrogens (tertiary/aromatic N) is 2. The Balaban J connectivity index is 1.85. The number of hydrogen-bond acceptors (Lipinski definition) is 4. The molecule has 4 rings (SSSR count). The van der Waals surface area contributed by atoms with Gasteiger partial charge in [0.1, 0.15) is 17.4 Å². The van der Waals surface area contributed by atoms with Crippen molar-refractivity contribution in [1.29, 1.82) is 0 Å². The first-order valence-electron chi connectivity index (χ1n) is 7.78. The zero-order chi connectivity index (χ0) is 17.2. The lowest BCUT2D eigenvalue weighted by Gasteiger charge is -2.11. The van der Waals surface area contributed by atoms with Crippen molar-refractivity contribution in [2.45, 2.75) is 0 Å². The van der Waals surface area contributed by atoms with Gasteiger partial charge in [-0.1, -0.05) is 18.2 Å². The standard InChI is InChI=1S/C20H14FN3O/c21-14-4-3-5-15(12-14)22-20-17-6-1-2-7-18(17)23-19(24-20)13-8-10-16(25)11-9-13/h1-12,25H,(H,22,23,24). The molecule has 4 nitrogen and oxygen atoms in total. The molecule has 0 aliphatic carbocycles. The van der Waals surface area contributed by atoms with Gasteiger partial charge in [-0.15, -0.1) is 0 Å². The van der Waals surface area contributed by atoms with Gasteiger partial charge in [0.25, 0.3) is 0 Å². The van der Waals surface area contributed by atoms with Crippen molar-refractivity contribution in [2.75, 3.05) is 5.32 Å². The Morgan fingerprint density at radius 2 is 1.64 bits per heavy atom. The second kappa shape index (κ2) is 6.20. The number of phenolic OH excluding ortho intramolecular Hbond substituents is 1. The molecule has 0 saturated heterocycles. The Bertz CT molecular complexity index is 1050. The normalized spacial score (nSPS) is 10.8. The van der Waals surface area contributed by atoms with Crippen LogP contribution in [-0.4, -0.2) is 15.1 Å². The van der Waals surface area contributed by atoms with Crippen LogP contribution in [0.3, 0.4) is 0 Å². The van der Waals surface area contributed by atoms with Crippen molar-refractivity contribution in [1.82, 2.24) is 9.97 Å². The molecule has 3 aromatic carbocycles. The smallest absolute Gasteiger partial charge is 0.162 e. The summed E-state index contributed by atoms with van der Waals surface area (Å²) in [6.45, 7) is 0. The summed E-state index contributed by atoms with van der Waals surface area (Å²) in [5.74, 6) is 0.988. The van der Waals surface area contributed by atoms with Crippen molar-refractivity contribution in [3.8, 4) is 17.1 Å². The molecule has 0 saturated carbocycles. The summed E-state index contributed by atoms with van der Waals surface area (Å²) in [5, 5.41) is 13.5. The molecule has 5 heteroatoms. The number of para-hydroxylation sites is 1. The van der Waals surface area contributed by atoms with Gasteiger partial charge in [0.15, 0.2) is 5.82 Å². The van der Waals surface area contributed by atoms with Crippen molar-refractivity contribution >= 4 is 22.4 Å². The molecule has 1 aromatic heterocycles. The Kier molecular flexibility index (Phi) is 3.74.